The maximum atomic E-state index is 11.2. The molecule has 92 valence electrons. The summed E-state index contributed by atoms with van der Waals surface area (Å²) in [6.07, 6.45) is 2.12. The van der Waals surface area contributed by atoms with Crippen molar-refractivity contribution in [2.45, 2.75) is 19.3 Å². The molecular formula is C13H17NO3. The molecule has 4 heteroatoms. The van der Waals surface area contributed by atoms with Gasteiger partial charge in [0.15, 0.2) is 11.5 Å². The number of fused-ring (bicyclic) bond motifs is 1. The van der Waals surface area contributed by atoms with E-state index < -0.39 is 0 Å². The number of carbonyl (C=O) groups excluding carboxylic acids is 1. The number of aryl methyl sites for hydroxylation is 1. The van der Waals surface area contributed by atoms with Gasteiger partial charge >= 0.3 is 0 Å². The first kappa shape index (κ1) is 11.8. The number of hydrogen-bond acceptors (Lipinski definition) is 3. The zero-order valence-corrected chi connectivity index (χ0v) is 9.99. The number of hydrogen-bond donors (Lipinski definition) is 1. The van der Waals surface area contributed by atoms with Crippen LogP contribution in [0.3, 0.4) is 0 Å². The average Bonchev–Trinajstić information content (AvgIpc) is 2.60. The van der Waals surface area contributed by atoms with Gasteiger partial charge in [0, 0.05) is 19.9 Å². The normalized spacial score (nSPS) is 13.9. The van der Waals surface area contributed by atoms with Crippen molar-refractivity contribution in [3.05, 3.63) is 23.8 Å². The van der Waals surface area contributed by atoms with Gasteiger partial charge in [-0.2, -0.15) is 0 Å². The van der Waals surface area contributed by atoms with Crippen molar-refractivity contribution in [3.63, 3.8) is 0 Å². The molecule has 0 aromatic heterocycles. The molecule has 4 nitrogen and oxygen atoms in total. The van der Waals surface area contributed by atoms with Crippen LogP contribution in [0.2, 0.25) is 0 Å². The Bertz CT molecular complexity index is 404. The zero-order valence-electron chi connectivity index (χ0n) is 9.99. The first-order valence-corrected chi connectivity index (χ1v) is 5.88. The van der Waals surface area contributed by atoms with Gasteiger partial charge in [-0.25, -0.2) is 0 Å². The summed E-state index contributed by atoms with van der Waals surface area (Å²) in [7, 11) is 1.65. The molecule has 2 rings (SSSR count). The van der Waals surface area contributed by atoms with Crippen LogP contribution in [0.4, 0.5) is 0 Å². The van der Waals surface area contributed by atoms with Gasteiger partial charge in [-0.1, -0.05) is 6.07 Å². The van der Waals surface area contributed by atoms with Crippen LogP contribution in [0, 0.1) is 0 Å². The van der Waals surface area contributed by atoms with Crippen molar-refractivity contribution in [2.75, 3.05) is 20.3 Å². The Labute approximate surface area is 101 Å². The Kier molecular flexibility index (Phi) is 3.85. The predicted octanol–water partition coefficient (Wildman–Crippen LogP) is 1.53. The monoisotopic (exact) mass is 235 g/mol. The van der Waals surface area contributed by atoms with Gasteiger partial charge in [0.1, 0.15) is 0 Å². The van der Waals surface area contributed by atoms with Gasteiger partial charge in [0.2, 0.25) is 5.91 Å². The van der Waals surface area contributed by atoms with Crippen molar-refractivity contribution >= 4 is 5.91 Å². The number of benzene rings is 1. The molecule has 0 saturated heterocycles. The molecule has 0 atom stereocenters. The molecule has 0 radical (unpaired) electrons. The van der Waals surface area contributed by atoms with Gasteiger partial charge < -0.3 is 14.8 Å². The minimum absolute atomic E-state index is 0.0529. The van der Waals surface area contributed by atoms with E-state index in [0.29, 0.717) is 19.6 Å². The Morgan fingerprint density at radius 1 is 1.29 bits per heavy atom. The van der Waals surface area contributed by atoms with E-state index in [9.17, 15) is 4.79 Å². The van der Waals surface area contributed by atoms with Crippen molar-refractivity contribution in [1.82, 2.24) is 5.32 Å². The first-order valence-electron chi connectivity index (χ1n) is 5.88. The third-order valence-corrected chi connectivity index (χ3v) is 2.73. The number of amides is 1. The summed E-state index contributed by atoms with van der Waals surface area (Å²) >= 11 is 0. The number of rotatable bonds is 3. The lowest BCUT2D eigenvalue weighted by molar-refractivity contribution is -0.120. The summed E-state index contributed by atoms with van der Waals surface area (Å²) in [5.74, 6) is 1.64. The summed E-state index contributed by atoms with van der Waals surface area (Å²) < 4.78 is 11.1. The van der Waals surface area contributed by atoms with Gasteiger partial charge in [0.25, 0.3) is 0 Å². The minimum atomic E-state index is 0.0529. The first-order chi connectivity index (χ1) is 8.29. The molecule has 17 heavy (non-hydrogen) atoms. The van der Waals surface area contributed by atoms with Gasteiger partial charge in [-0.05, 0) is 24.1 Å². The third kappa shape index (κ3) is 3.12. The fourth-order valence-corrected chi connectivity index (χ4v) is 1.75. The summed E-state index contributed by atoms with van der Waals surface area (Å²) in [5.41, 5.74) is 1.10. The highest BCUT2D eigenvalue weighted by Gasteiger charge is 2.10. The lowest BCUT2D eigenvalue weighted by Crippen LogP contribution is -2.17. The van der Waals surface area contributed by atoms with E-state index in [4.69, 9.17) is 9.47 Å². The Morgan fingerprint density at radius 3 is 2.82 bits per heavy atom. The van der Waals surface area contributed by atoms with E-state index in [-0.39, 0.29) is 5.91 Å². The number of ether oxygens (including phenoxy) is 2. The molecular weight excluding hydrogens is 218 g/mol. The van der Waals surface area contributed by atoms with E-state index in [1.807, 2.05) is 18.2 Å². The van der Waals surface area contributed by atoms with E-state index in [0.717, 1.165) is 29.9 Å². The minimum Gasteiger partial charge on any atom is -0.490 e. The van der Waals surface area contributed by atoms with Crippen LogP contribution in [0.5, 0.6) is 11.5 Å². The SMILES string of the molecule is CNC(=O)CCc1ccc2c(c1)OCCCO2. The highest BCUT2D eigenvalue weighted by Crippen LogP contribution is 2.30. The Balaban J connectivity index is 2.04. The van der Waals surface area contributed by atoms with Crippen LogP contribution < -0.4 is 14.8 Å². The van der Waals surface area contributed by atoms with Crippen molar-refractivity contribution < 1.29 is 14.3 Å². The molecule has 1 aliphatic rings. The molecule has 1 amide bonds. The molecule has 1 aromatic carbocycles. The molecule has 1 aliphatic heterocycles. The van der Waals surface area contributed by atoms with E-state index >= 15 is 0 Å². The molecule has 0 spiro atoms. The molecule has 0 aliphatic carbocycles. The molecule has 0 saturated carbocycles. The van der Waals surface area contributed by atoms with Crippen molar-refractivity contribution in [1.29, 1.82) is 0 Å². The number of nitrogens with one attached hydrogen (secondary N) is 1. The standard InChI is InChI=1S/C13H17NO3/c1-14-13(15)6-4-10-3-5-11-12(9-10)17-8-2-7-16-11/h3,5,9H,2,4,6-8H2,1H3,(H,14,15). The van der Waals surface area contributed by atoms with E-state index in [1.165, 1.54) is 0 Å². The van der Waals surface area contributed by atoms with Gasteiger partial charge in [0.05, 0.1) is 13.2 Å². The second-order valence-electron chi connectivity index (χ2n) is 4.00. The average molecular weight is 235 g/mol. The molecule has 0 bridgehead atoms. The van der Waals surface area contributed by atoms with Crippen molar-refractivity contribution in [2.24, 2.45) is 0 Å². The van der Waals surface area contributed by atoms with E-state index in [2.05, 4.69) is 5.32 Å². The molecule has 1 N–H and O–H groups in total. The fourth-order valence-electron chi connectivity index (χ4n) is 1.75. The van der Waals surface area contributed by atoms with Crippen LogP contribution in [-0.2, 0) is 11.2 Å². The molecule has 0 fully saturated rings. The van der Waals surface area contributed by atoms with Gasteiger partial charge in [-0.3, -0.25) is 4.79 Å². The van der Waals surface area contributed by atoms with Gasteiger partial charge in [-0.15, -0.1) is 0 Å². The quantitative estimate of drug-likeness (QED) is 0.864. The topological polar surface area (TPSA) is 47.6 Å². The number of carbonyl (C=O) groups is 1. The maximum absolute atomic E-state index is 11.2. The summed E-state index contributed by atoms with van der Waals surface area (Å²) in [5, 5.41) is 2.61. The Hall–Kier alpha value is -1.71. The molecule has 0 unspecified atom stereocenters. The second kappa shape index (κ2) is 5.57. The molecule has 1 aromatic rings. The predicted molar refractivity (Wildman–Crippen MR) is 64.4 cm³/mol. The van der Waals surface area contributed by atoms with Crippen LogP contribution in [0.1, 0.15) is 18.4 Å². The van der Waals surface area contributed by atoms with Crippen LogP contribution in [0.15, 0.2) is 18.2 Å². The lowest BCUT2D eigenvalue weighted by atomic mass is 10.1. The molecule has 1 heterocycles. The largest absolute Gasteiger partial charge is 0.490 e. The lowest BCUT2D eigenvalue weighted by Gasteiger charge is -2.09. The van der Waals surface area contributed by atoms with Crippen LogP contribution >= 0.6 is 0 Å². The zero-order chi connectivity index (χ0) is 12.1. The summed E-state index contributed by atoms with van der Waals surface area (Å²) in [6.45, 7) is 1.39. The fraction of sp³-hybridized carbons (Fsp3) is 0.462. The summed E-state index contributed by atoms with van der Waals surface area (Å²) in [4.78, 5) is 11.2. The smallest absolute Gasteiger partial charge is 0.220 e. The van der Waals surface area contributed by atoms with Crippen molar-refractivity contribution in [3.8, 4) is 11.5 Å². The Morgan fingerprint density at radius 2 is 2.06 bits per heavy atom. The van der Waals surface area contributed by atoms with E-state index in [1.54, 1.807) is 7.05 Å². The highest BCUT2D eigenvalue weighted by atomic mass is 16.5. The van der Waals surface area contributed by atoms with Crippen LogP contribution in [-0.4, -0.2) is 26.2 Å². The summed E-state index contributed by atoms with van der Waals surface area (Å²) in [6, 6.07) is 5.86. The maximum Gasteiger partial charge on any atom is 0.220 e. The van der Waals surface area contributed by atoms with Crippen LogP contribution in [0.25, 0.3) is 0 Å². The second-order valence-corrected chi connectivity index (χ2v) is 4.00. The third-order valence-electron chi connectivity index (χ3n) is 2.73. The highest BCUT2D eigenvalue weighted by molar-refractivity contribution is 5.75.